The zero-order valence-electron chi connectivity index (χ0n) is 14.9. The van der Waals surface area contributed by atoms with Crippen LogP contribution in [0.2, 0.25) is 0 Å². The molecular formula is C22H22ClN2OS-. The largest absolute Gasteiger partial charge is 1.00 e. The predicted molar refractivity (Wildman–Crippen MR) is 108 cm³/mol. The van der Waals surface area contributed by atoms with Gasteiger partial charge in [0.05, 0.1) is 24.0 Å². The molecule has 0 aliphatic carbocycles. The van der Waals surface area contributed by atoms with Gasteiger partial charge in [-0.2, -0.15) is 0 Å². The number of rotatable bonds is 6. The maximum absolute atomic E-state index is 10.6. The Bertz CT molecular complexity index is 829. The fourth-order valence-electron chi connectivity index (χ4n) is 3.23. The summed E-state index contributed by atoms with van der Waals surface area (Å²) in [7, 11) is 0. The summed E-state index contributed by atoms with van der Waals surface area (Å²) in [6.45, 7) is 1.89. The Kier molecular flexibility index (Phi) is 6.80. The second-order valence-corrected chi connectivity index (χ2v) is 7.50. The van der Waals surface area contributed by atoms with E-state index in [1.54, 1.807) is 11.8 Å². The topological polar surface area (TPSA) is 35.5 Å². The summed E-state index contributed by atoms with van der Waals surface area (Å²) in [5, 5.41) is 14.0. The van der Waals surface area contributed by atoms with Crippen LogP contribution in [-0.4, -0.2) is 24.3 Å². The lowest BCUT2D eigenvalue weighted by atomic mass is 10.2. The Morgan fingerprint density at radius 3 is 2.00 bits per heavy atom. The monoisotopic (exact) mass is 397 g/mol. The second kappa shape index (κ2) is 9.29. The lowest BCUT2D eigenvalue weighted by Crippen LogP contribution is -3.00. The lowest BCUT2D eigenvalue weighted by molar-refractivity contribution is -0.00000702. The minimum absolute atomic E-state index is 0. The number of halogens is 1. The molecule has 0 spiro atoms. The highest BCUT2D eigenvalue weighted by Gasteiger charge is 2.24. The number of benzene rings is 3. The van der Waals surface area contributed by atoms with Gasteiger partial charge in [-0.05, 0) is 29.8 Å². The fraction of sp³-hybridized carbons (Fsp3) is 0.182. The third-order valence-corrected chi connectivity index (χ3v) is 5.61. The van der Waals surface area contributed by atoms with Gasteiger partial charge in [-0.1, -0.05) is 66.4 Å². The summed E-state index contributed by atoms with van der Waals surface area (Å²) in [5.74, 6) is 0. The van der Waals surface area contributed by atoms with Crippen LogP contribution < -0.4 is 22.6 Å². The third-order valence-electron chi connectivity index (χ3n) is 4.48. The molecule has 0 fully saturated rings. The van der Waals surface area contributed by atoms with E-state index in [1.807, 2.05) is 18.2 Å². The molecular weight excluding hydrogens is 376 g/mol. The molecule has 3 aromatic carbocycles. The Balaban J connectivity index is 0.00000210. The van der Waals surface area contributed by atoms with E-state index >= 15 is 0 Å². The number of aliphatic hydroxyl groups excluding tert-OH is 1. The van der Waals surface area contributed by atoms with E-state index in [-0.39, 0.29) is 12.4 Å². The number of hydrogen-bond donors (Lipinski definition) is 2. The van der Waals surface area contributed by atoms with E-state index in [9.17, 15) is 5.11 Å². The number of hydrogen-bond acceptors (Lipinski definition) is 4. The second-order valence-electron chi connectivity index (χ2n) is 6.42. The zero-order valence-corrected chi connectivity index (χ0v) is 16.5. The molecule has 0 amide bonds. The Hall–Kier alpha value is -1.98. The first kappa shape index (κ1) is 19.8. The van der Waals surface area contributed by atoms with Crippen molar-refractivity contribution < 1.29 is 17.5 Å². The van der Waals surface area contributed by atoms with Gasteiger partial charge in [0, 0.05) is 22.9 Å². The van der Waals surface area contributed by atoms with Gasteiger partial charge >= 0.3 is 0 Å². The van der Waals surface area contributed by atoms with Gasteiger partial charge in [-0.25, -0.2) is 0 Å². The molecule has 3 aromatic rings. The predicted octanol–water partition coefficient (Wildman–Crippen LogP) is 1.44. The molecule has 0 aromatic heterocycles. The van der Waals surface area contributed by atoms with E-state index in [0.717, 1.165) is 6.54 Å². The van der Waals surface area contributed by atoms with Crippen molar-refractivity contribution in [1.82, 2.24) is 5.32 Å². The first-order valence-electron chi connectivity index (χ1n) is 8.87. The van der Waals surface area contributed by atoms with Gasteiger partial charge in [-0.15, -0.1) is 0 Å². The molecule has 0 saturated carbocycles. The van der Waals surface area contributed by atoms with Gasteiger partial charge in [0.15, 0.2) is 0 Å². The van der Waals surface area contributed by atoms with Gasteiger partial charge in [0.25, 0.3) is 0 Å². The van der Waals surface area contributed by atoms with Crippen LogP contribution in [0, 0.1) is 0 Å². The molecule has 1 aliphatic rings. The molecule has 0 bridgehead atoms. The first-order valence-corrected chi connectivity index (χ1v) is 9.69. The molecule has 0 radical (unpaired) electrons. The maximum Gasteiger partial charge on any atom is 0.0843 e. The van der Waals surface area contributed by atoms with Gasteiger partial charge in [0.2, 0.25) is 0 Å². The molecule has 1 aliphatic heterocycles. The average Bonchev–Trinajstić information content (AvgIpc) is 2.68. The highest BCUT2D eigenvalue weighted by atomic mass is 35.5. The summed E-state index contributed by atoms with van der Waals surface area (Å²) in [6.07, 6.45) is -0.456. The number of anilines is 2. The SMILES string of the molecule is OC(CNCc1ccccc1)CN1c2ccccc2Sc2ccccc21.[Cl-]. The van der Waals surface area contributed by atoms with Crippen LogP contribution in [0.3, 0.4) is 0 Å². The molecule has 5 heteroatoms. The van der Waals surface area contributed by atoms with Gasteiger partial charge in [-0.3, -0.25) is 0 Å². The highest BCUT2D eigenvalue weighted by Crippen LogP contribution is 2.47. The van der Waals surface area contributed by atoms with Crippen molar-refractivity contribution in [1.29, 1.82) is 0 Å². The highest BCUT2D eigenvalue weighted by molar-refractivity contribution is 7.99. The summed E-state index contributed by atoms with van der Waals surface area (Å²) in [6, 6.07) is 27.0. The van der Waals surface area contributed by atoms with Crippen LogP contribution >= 0.6 is 11.8 Å². The van der Waals surface area contributed by atoms with Crippen LogP contribution in [0.15, 0.2) is 88.7 Å². The van der Waals surface area contributed by atoms with Crippen LogP contribution in [0.25, 0.3) is 0 Å². The molecule has 4 rings (SSSR count). The number of fused-ring (bicyclic) bond motifs is 2. The van der Waals surface area contributed by atoms with Crippen LogP contribution in [0.4, 0.5) is 11.4 Å². The van der Waals surface area contributed by atoms with E-state index in [0.29, 0.717) is 13.1 Å². The standard InChI is InChI=1S/C22H22N2OS.ClH/c25-18(15-23-14-17-8-2-1-3-9-17)16-24-19-10-4-6-12-21(19)26-22-13-7-5-11-20(22)24;/h1-13,18,23,25H,14-16H2;1H/p-1. The Morgan fingerprint density at radius 1 is 0.815 bits per heavy atom. The number of para-hydroxylation sites is 2. The Labute approximate surface area is 170 Å². The summed E-state index contributed by atoms with van der Waals surface area (Å²) in [5.41, 5.74) is 3.56. The van der Waals surface area contributed by atoms with Gasteiger partial charge in [0.1, 0.15) is 0 Å². The molecule has 1 unspecified atom stereocenters. The molecule has 3 nitrogen and oxygen atoms in total. The van der Waals surface area contributed by atoms with Crippen molar-refractivity contribution in [2.45, 2.75) is 22.4 Å². The molecule has 140 valence electrons. The Morgan fingerprint density at radius 2 is 1.37 bits per heavy atom. The smallest absolute Gasteiger partial charge is 0.0843 e. The van der Waals surface area contributed by atoms with Crippen LogP contribution in [-0.2, 0) is 6.54 Å². The molecule has 1 heterocycles. The summed E-state index contributed by atoms with van der Waals surface area (Å²) >= 11 is 1.79. The van der Waals surface area contributed by atoms with E-state index < -0.39 is 6.10 Å². The molecule has 2 N–H and O–H groups in total. The quantitative estimate of drug-likeness (QED) is 0.660. The summed E-state index contributed by atoms with van der Waals surface area (Å²) < 4.78 is 0. The number of β-amino-alcohol motifs (C(OH)–C–C–N with tert-alkyl or cyclic N) is 1. The van der Waals surface area contributed by atoms with E-state index in [1.165, 1.54) is 26.7 Å². The number of nitrogens with zero attached hydrogens (tertiary/aromatic N) is 1. The maximum atomic E-state index is 10.6. The number of aliphatic hydroxyl groups is 1. The van der Waals surface area contributed by atoms with Crippen molar-refractivity contribution in [3.63, 3.8) is 0 Å². The van der Waals surface area contributed by atoms with Crippen molar-refractivity contribution >= 4 is 23.1 Å². The molecule has 0 saturated heterocycles. The lowest BCUT2D eigenvalue weighted by Gasteiger charge is -2.34. The minimum atomic E-state index is -0.456. The van der Waals surface area contributed by atoms with Crippen LogP contribution in [0.5, 0.6) is 0 Å². The zero-order chi connectivity index (χ0) is 17.8. The minimum Gasteiger partial charge on any atom is -1.00 e. The van der Waals surface area contributed by atoms with Crippen molar-refractivity contribution in [2.75, 3.05) is 18.0 Å². The molecule has 1 atom stereocenters. The van der Waals surface area contributed by atoms with Crippen molar-refractivity contribution in [3.05, 3.63) is 84.4 Å². The van der Waals surface area contributed by atoms with E-state index in [4.69, 9.17) is 0 Å². The van der Waals surface area contributed by atoms with Gasteiger partial charge < -0.3 is 27.7 Å². The fourth-order valence-corrected chi connectivity index (χ4v) is 4.33. The molecule has 27 heavy (non-hydrogen) atoms. The summed E-state index contributed by atoms with van der Waals surface area (Å²) in [4.78, 5) is 4.70. The first-order chi connectivity index (χ1) is 12.8. The third kappa shape index (κ3) is 4.66. The normalized spacial score (nSPS) is 13.3. The van der Waals surface area contributed by atoms with E-state index in [2.05, 4.69) is 70.9 Å². The average molecular weight is 398 g/mol. The number of nitrogens with one attached hydrogen (secondary N) is 1. The van der Waals surface area contributed by atoms with Crippen molar-refractivity contribution in [3.8, 4) is 0 Å². The van der Waals surface area contributed by atoms with Crippen LogP contribution in [0.1, 0.15) is 5.56 Å². The van der Waals surface area contributed by atoms with Crippen molar-refractivity contribution in [2.24, 2.45) is 0 Å².